The van der Waals surface area contributed by atoms with Gasteiger partial charge in [-0.2, -0.15) is 0 Å². The maximum Gasteiger partial charge on any atom is 0.287 e. The average molecular weight is 418 g/mol. The molecule has 1 aliphatic heterocycles. The highest BCUT2D eigenvalue weighted by atomic mass is 16.6. The Kier molecular flexibility index (Phi) is 6.23. The van der Waals surface area contributed by atoms with E-state index in [1.54, 1.807) is 0 Å². The van der Waals surface area contributed by atoms with Crippen LogP contribution in [-0.4, -0.2) is 19.1 Å². The SMILES string of the molecule is Cc1ccc(C)c(NC(=O)[C@@H]([NH2+][C@H](C)c2ccc3c(c2)OCCO3)c2ccccc2)c1. The molecular weight excluding hydrogens is 388 g/mol. The summed E-state index contributed by atoms with van der Waals surface area (Å²) in [6.07, 6.45) is 0. The van der Waals surface area contributed by atoms with Crippen LogP contribution in [0.25, 0.3) is 0 Å². The summed E-state index contributed by atoms with van der Waals surface area (Å²) in [5, 5.41) is 5.24. The lowest BCUT2D eigenvalue weighted by Crippen LogP contribution is -2.87. The molecule has 0 bridgehead atoms. The van der Waals surface area contributed by atoms with Gasteiger partial charge in [-0.05, 0) is 56.2 Å². The molecule has 0 radical (unpaired) electrons. The van der Waals surface area contributed by atoms with E-state index in [-0.39, 0.29) is 18.0 Å². The molecule has 5 nitrogen and oxygen atoms in total. The van der Waals surface area contributed by atoms with Gasteiger partial charge in [0.15, 0.2) is 17.5 Å². The van der Waals surface area contributed by atoms with Crippen molar-refractivity contribution in [3.05, 3.63) is 89.0 Å². The van der Waals surface area contributed by atoms with Crippen LogP contribution in [-0.2, 0) is 4.79 Å². The van der Waals surface area contributed by atoms with Crippen molar-refractivity contribution in [2.24, 2.45) is 0 Å². The van der Waals surface area contributed by atoms with Gasteiger partial charge in [0.2, 0.25) is 0 Å². The summed E-state index contributed by atoms with van der Waals surface area (Å²) in [5.74, 6) is 1.50. The van der Waals surface area contributed by atoms with Gasteiger partial charge < -0.3 is 20.1 Å². The highest BCUT2D eigenvalue weighted by molar-refractivity contribution is 5.95. The van der Waals surface area contributed by atoms with Gasteiger partial charge in [0.05, 0.1) is 0 Å². The van der Waals surface area contributed by atoms with E-state index < -0.39 is 0 Å². The van der Waals surface area contributed by atoms with E-state index >= 15 is 0 Å². The molecule has 0 aromatic heterocycles. The zero-order valence-corrected chi connectivity index (χ0v) is 18.2. The van der Waals surface area contributed by atoms with Crippen LogP contribution in [0.2, 0.25) is 0 Å². The zero-order chi connectivity index (χ0) is 21.8. The molecule has 1 heterocycles. The van der Waals surface area contributed by atoms with Gasteiger partial charge in [-0.3, -0.25) is 4.79 Å². The van der Waals surface area contributed by atoms with Gasteiger partial charge in [0.25, 0.3) is 5.91 Å². The summed E-state index contributed by atoms with van der Waals surface area (Å²) in [7, 11) is 0. The third-order valence-corrected chi connectivity index (χ3v) is 5.67. The maximum atomic E-state index is 13.4. The molecule has 4 rings (SSSR count). The van der Waals surface area contributed by atoms with Gasteiger partial charge in [0, 0.05) is 16.8 Å². The number of quaternary nitrogens is 1. The first kappa shape index (κ1) is 20.9. The third kappa shape index (κ3) is 4.89. The smallest absolute Gasteiger partial charge is 0.287 e. The molecule has 160 valence electrons. The second-order valence-corrected chi connectivity index (χ2v) is 8.08. The van der Waals surface area contributed by atoms with Gasteiger partial charge in [-0.15, -0.1) is 0 Å². The monoisotopic (exact) mass is 417 g/mol. The molecule has 0 aliphatic carbocycles. The Balaban J connectivity index is 1.58. The molecule has 1 amide bonds. The Morgan fingerprint density at radius 2 is 1.65 bits per heavy atom. The van der Waals surface area contributed by atoms with Crippen molar-refractivity contribution in [2.75, 3.05) is 18.5 Å². The van der Waals surface area contributed by atoms with Crippen molar-refractivity contribution in [2.45, 2.75) is 32.9 Å². The van der Waals surface area contributed by atoms with Crippen molar-refractivity contribution < 1.29 is 19.6 Å². The Morgan fingerprint density at radius 1 is 0.903 bits per heavy atom. The van der Waals surface area contributed by atoms with E-state index in [4.69, 9.17) is 9.47 Å². The molecule has 1 aliphatic rings. The Bertz CT molecular complexity index is 1070. The highest BCUT2D eigenvalue weighted by Crippen LogP contribution is 2.32. The Labute approximate surface area is 183 Å². The number of carbonyl (C=O) groups is 1. The minimum Gasteiger partial charge on any atom is -0.486 e. The van der Waals surface area contributed by atoms with Crippen molar-refractivity contribution in [3.63, 3.8) is 0 Å². The Hall–Kier alpha value is -3.31. The van der Waals surface area contributed by atoms with E-state index in [1.165, 1.54) is 0 Å². The first-order valence-electron chi connectivity index (χ1n) is 10.7. The van der Waals surface area contributed by atoms with Crippen LogP contribution in [0.1, 0.15) is 41.3 Å². The van der Waals surface area contributed by atoms with Crippen LogP contribution < -0.4 is 20.1 Å². The first-order valence-corrected chi connectivity index (χ1v) is 10.7. The molecule has 3 aromatic carbocycles. The predicted molar refractivity (Wildman–Crippen MR) is 122 cm³/mol. The molecule has 0 saturated carbocycles. The zero-order valence-electron chi connectivity index (χ0n) is 18.2. The maximum absolute atomic E-state index is 13.4. The van der Waals surface area contributed by atoms with Crippen molar-refractivity contribution >= 4 is 11.6 Å². The molecule has 31 heavy (non-hydrogen) atoms. The van der Waals surface area contributed by atoms with Crippen LogP contribution >= 0.6 is 0 Å². The Morgan fingerprint density at radius 3 is 2.42 bits per heavy atom. The molecule has 0 spiro atoms. The average Bonchev–Trinajstić information content (AvgIpc) is 2.80. The summed E-state index contributed by atoms with van der Waals surface area (Å²) in [4.78, 5) is 13.4. The van der Waals surface area contributed by atoms with Gasteiger partial charge >= 0.3 is 0 Å². The molecule has 3 aromatic rings. The van der Waals surface area contributed by atoms with Crippen LogP contribution in [0, 0.1) is 13.8 Å². The minimum absolute atomic E-state index is 0.0377. The van der Waals surface area contributed by atoms with E-state index in [1.807, 2.05) is 74.5 Å². The van der Waals surface area contributed by atoms with E-state index in [0.717, 1.165) is 39.4 Å². The number of aryl methyl sites for hydroxylation is 2. The topological polar surface area (TPSA) is 64.2 Å². The lowest BCUT2D eigenvalue weighted by Gasteiger charge is -2.23. The lowest BCUT2D eigenvalue weighted by molar-refractivity contribution is -0.718. The lowest BCUT2D eigenvalue weighted by atomic mass is 10.0. The number of benzene rings is 3. The van der Waals surface area contributed by atoms with Crippen LogP contribution in [0.15, 0.2) is 66.7 Å². The summed E-state index contributed by atoms with van der Waals surface area (Å²) in [6, 6.07) is 21.7. The standard InChI is InChI=1S/C26H28N2O3/c1-17-9-10-18(2)22(15-17)28-26(29)25(20-7-5-4-6-8-20)27-19(3)21-11-12-23-24(16-21)31-14-13-30-23/h4-12,15-16,19,25,27H,13-14H2,1-3H3,(H,28,29)/p+1/t19-,25+/m1/s1. The fourth-order valence-corrected chi connectivity index (χ4v) is 3.83. The largest absolute Gasteiger partial charge is 0.486 e. The number of carbonyl (C=O) groups excluding carboxylic acids is 1. The number of amides is 1. The van der Waals surface area contributed by atoms with Gasteiger partial charge in [-0.1, -0.05) is 42.5 Å². The second-order valence-electron chi connectivity index (χ2n) is 8.08. The first-order chi connectivity index (χ1) is 15.0. The van der Waals surface area contributed by atoms with Crippen molar-refractivity contribution in [3.8, 4) is 11.5 Å². The number of nitrogens with one attached hydrogen (secondary N) is 1. The number of nitrogens with two attached hydrogens (primary N) is 1. The number of rotatable bonds is 6. The molecule has 0 saturated heterocycles. The number of ether oxygens (including phenoxy) is 2. The normalized spacial score (nSPS) is 14.5. The van der Waals surface area contributed by atoms with Crippen LogP contribution in [0.4, 0.5) is 5.69 Å². The quantitative estimate of drug-likeness (QED) is 0.635. The molecule has 0 fully saturated rings. The number of hydrogen-bond acceptors (Lipinski definition) is 3. The highest BCUT2D eigenvalue weighted by Gasteiger charge is 2.28. The van der Waals surface area contributed by atoms with E-state index in [0.29, 0.717) is 13.2 Å². The fourth-order valence-electron chi connectivity index (χ4n) is 3.83. The summed E-state index contributed by atoms with van der Waals surface area (Å²) in [5.41, 5.74) is 5.07. The molecule has 5 heteroatoms. The summed E-state index contributed by atoms with van der Waals surface area (Å²) < 4.78 is 11.4. The molecule has 3 N–H and O–H groups in total. The minimum atomic E-state index is -0.385. The summed E-state index contributed by atoms with van der Waals surface area (Å²) >= 11 is 0. The number of hydrogen-bond donors (Lipinski definition) is 2. The number of anilines is 1. The van der Waals surface area contributed by atoms with Gasteiger partial charge in [0.1, 0.15) is 19.3 Å². The van der Waals surface area contributed by atoms with Crippen molar-refractivity contribution in [1.29, 1.82) is 0 Å². The van der Waals surface area contributed by atoms with Crippen LogP contribution in [0.3, 0.4) is 0 Å². The predicted octanol–water partition coefficient (Wildman–Crippen LogP) is 4.08. The fraction of sp³-hybridized carbons (Fsp3) is 0.269. The second kappa shape index (κ2) is 9.23. The van der Waals surface area contributed by atoms with Crippen LogP contribution in [0.5, 0.6) is 11.5 Å². The number of fused-ring (bicyclic) bond motifs is 1. The van der Waals surface area contributed by atoms with Crippen molar-refractivity contribution in [1.82, 2.24) is 0 Å². The van der Waals surface area contributed by atoms with E-state index in [2.05, 4.69) is 23.6 Å². The molecular formula is C26H29N2O3+. The molecule has 2 atom stereocenters. The van der Waals surface area contributed by atoms with E-state index in [9.17, 15) is 4.79 Å². The third-order valence-electron chi connectivity index (χ3n) is 5.67. The summed E-state index contributed by atoms with van der Waals surface area (Å²) in [6.45, 7) is 7.27. The molecule has 0 unspecified atom stereocenters. The van der Waals surface area contributed by atoms with Gasteiger partial charge in [-0.25, -0.2) is 0 Å².